The lowest BCUT2D eigenvalue weighted by molar-refractivity contribution is 0.337. The Morgan fingerprint density at radius 3 is 2.79 bits per heavy atom. The number of anilines is 1. The molecule has 0 N–H and O–H groups in total. The van der Waals surface area contributed by atoms with Gasteiger partial charge in [0.2, 0.25) is 0 Å². The molecule has 0 amide bonds. The molecule has 2 fully saturated rings. The molecule has 2 bridgehead atoms. The first-order chi connectivity index (χ1) is 9.15. The van der Waals surface area contributed by atoms with Crippen molar-refractivity contribution >= 4 is 21.6 Å². The van der Waals surface area contributed by atoms with Crippen LogP contribution in [0, 0.1) is 29.1 Å². The van der Waals surface area contributed by atoms with Crippen LogP contribution in [0.5, 0.6) is 0 Å². The van der Waals surface area contributed by atoms with Crippen molar-refractivity contribution in [2.24, 2.45) is 17.8 Å². The zero-order valence-electron chi connectivity index (χ0n) is 11.3. The molecule has 0 spiro atoms. The Morgan fingerprint density at radius 2 is 2.16 bits per heavy atom. The van der Waals surface area contributed by atoms with Crippen molar-refractivity contribution in [2.45, 2.75) is 25.7 Å². The molecule has 2 aliphatic carbocycles. The number of nitriles is 1. The second-order valence-electron chi connectivity index (χ2n) is 6.13. The molecule has 2 saturated carbocycles. The molecule has 3 atom stereocenters. The Labute approximate surface area is 123 Å². The van der Waals surface area contributed by atoms with Crippen LogP contribution in [0.4, 0.5) is 5.69 Å². The Balaban J connectivity index is 1.72. The van der Waals surface area contributed by atoms with Gasteiger partial charge in [-0.3, -0.25) is 0 Å². The smallest absolute Gasteiger partial charge is 0.0992 e. The van der Waals surface area contributed by atoms with Gasteiger partial charge in [0.1, 0.15) is 0 Å². The van der Waals surface area contributed by atoms with Crippen LogP contribution in [0.1, 0.15) is 31.2 Å². The molecular formula is C16H19BrN2. The zero-order chi connectivity index (χ0) is 13.4. The summed E-state index contributed by atoms with van der Waals surface area (Å²) in [4.78, 5) is 2.32. The average molecular weight is 319 g/mol. The molecule has 19 heavy (non-hydrogen) atoms. The van der Waals surface area contributed by atoms with Gasteiger partial charge in [-0.15, -0.1) is 0 Å². The molecule has 3 heteroatoms. The first-order valence-corrected chi connectivity index (χ1v) is 7.87. The van der Waals surface area contributed by atoms with E-state index in [0.29, 0.717) is 0 Å². The first-order valence-electron chi connectivity index (χ1n) is 7.07. The van der Waals surface area contributed by atoms with Gasteiger partial charge in [-0.25, -0.2) is 0 Å². The first kappa shape index (κ1) is 13.0. The average Bonchev–Trinajstić information content (AvgIpc) is 3.00. The van der Waals surface area contributed by atoms with E-state index in [0.717, 1.165) is 40.0 Å². The highest BCUT2D eigenvalue weighted by atomic mass is 79.9. The topological polar surface area (TPSA) is 27.0 Å². The summed E-state index contributed by atoms with van der Waals surface area (Å²) in [6.45, 7) is 1.13. The highest BCUT2D eigenvalue weighted by Crippen LogP contribution is 2.48. The van der Waals surface area contributed by atoms with E-state index in [1.165, 1.54) is 25.7 Å². The van der Waals surface area contributed by atoms with Gasteiger partial charge in [0.25, 0.3) is 0 Å². The summed E-state index contributed by atoms with van der Waals surface area (Å²) in [5.74, 6) is 2.81. The van der Waals surface area contributed by atoms with Gasteiger partial charge in [0, 0.05) is 23.8 Å². The maximum absolute atomic E-state index is 9.05. The molecular weight excluding hydrogens is 300 g/mol. The zero-order valence-corrected chi connectivity index (χ0v) is 12.9. The minimum atomic E-state index is 0.726. The van der Waals surface area contributed by atoms with E-state index in [1.807, 2.05) is 12.1 Å². The summed E-state index contributed by atoms with van der Waals surface area (Å²) in [7, 11) is 2.15. The predicted octanol–water partition coefficient (Wildman–Crippen LogP) is 4.19. The maximum Gasteiger partial charge on any atom is 0.0992 e. The Kier molecular flexibility index (Phi) is 3.54. The van der Waals surface area contributed by atoms with Gasteiger partial charge < -0.3 is 4.90 Å². The number of nitrogens with zero attached hydrogens (tertiary/aromatic N) is 2. The molecule has 0 heterocycles. The molecule has 2 nitrogen and oxygen atoms in total. The third-order valence-corrected chi connectivity index (χ3v) is 5.30. The van der Waals surface area contributed by atoms with Crippen LogP contribution < -0.4 is 4.90 Å². The van der Waals surface area contributed by atoms with Gasteiger partial charge in [-0.1, -0.05) is 22.4 Å². The van der Waals surface area contributed by atoms with E-state index in [1.54, 1.807) is 0 Å². The van der Waals surface area contributed by atoms with Gasteiger partial charge in [-0.05, 0) is 55.2 Å². The summed E-state index contributed by atoms with van der Waals surface area (Å²) in [5.41, 5.74) is 1.87. The third-order valence-electron chi connectivity index (χ3n) is 4.85. The second kappa shape index (κ2) is 5.17. The molecule has 2 aliphatic rings. The van der Waals surface area contributed by atoms with E-state index >= 15 is 0 Å². The summed E-state index contributed by atoms with van der Waals surface area (Å²) in [6.07, 6.45) is 5.76. The Morgan fingerprint density at radius 1 is 1.32 bits per heavy atom. The van der Waals surface area contributed by atoms with Crippen molar-refractivity contribution < 1.29 is 0 Å². The maximum atomic E-state index is 9.05. The van der Waals surface area contributed by atoms with Crippen molar-refractivity contribution in [3.05, 3.63) is 28.2 Å². The number of hydrogen-bond acceptors (Lipinski definition) is 2. The van der Waals surface area contributed by atoms with Crippen molar-refractivity contribution in [3.8, 4) is 6.07 Å². The quantitative estimate of drug-likeness (QED) is 0.835. The van der Waals surface area contributed by atoms with E-state index in [9.17, 15) is 0 Å². The fourth-order valence-electron chi connectivity index (χ4n) is 3.92. The van der Waals surface area contributed by atoms with E-state index < -0.39 is 0 Å². The summed E-state index contributed by atoms with van der Waals surface area (Å²) < 4.78 is 0.987. The number of halogens is 1. The van der Waals surface area contributed by atoms with Crippen LogP contribution in [-0.2, 0) is 0 Å². The van der Waals surface area contributed by atoms with Crippen molar-refractivity contribution in [3.63, 3.8) is 0 Å². The fourth-order valence-corrected chi connectivity index (χ4v) is 4.40. The lowest BCUT2D eigenvalue weighted by atomic mass is 9.88. The van der Waals surface area contributed by atoms with Crippen LogP contribution in [0.2, 0.25) is 0 Å². The minimum absolute atomic E-state index is 0.726. The normalized spacial score (nSPS) is 28.4. The van der Waals surface area contributed by atoms with E-state index in [4.69, 9.17) is 5.26 Å². The van der Waals surface area contributed by atoms with Crippen molar-refractivity contribution in [1.29, 1.82) is 5.26 Å². The van der Waals surface area contributed by atoms with E-state index in [2.05, 4.69) is 40.0 Å². The Bertz CT molecular complexity index is 520. The van der Waals surface area contributed by atoms with Crippen molar-refractivity contribution in [1.82, 2.24) is 0 Å². The largest absolute Gasteiger partial charge is 0.374 e. The van der Waals surface area contributed by atoms with E-state index in [-0.39, 0.29) is 0 Å². The van der Waals surface area contributed by atoms with Gasteiger partial charge in [-0.2, -0.15) is 5.26 Å². The highest BCUT2D eigenvalue weighted by molar-refractivity contribution is 9.10. The summed E-state index contributed by atoms with van der Waals surface area (Å²) >= 11 is 3.49. The number of fused-ring (bicyclic) bond motifs is 2. The molecule has 0 aromatic heterocycles. The molecule has 0 aliphatic heterocycles. The molecule has 1 aromatic carbocycles. The summed E-state index contributed by atoms with van der Waals surface area (Å²) in [5, 5.41) is 9.05. The third kappa shape index (κ3) is 2.65. The molecule has 1 aromatic rings. The number of benzene rings is 1. The molecule has 3 rings (SSSR count). The molecule has 3 unspecified atom stereocenters. The van der Waals surface area contributed by atoms with Gasteiger partial charge in [0.05, 0.1) is 11.6 Å². The fraction of sp³-hybridized carbons (Fsp3) is 0.562. The lowest BCUT2D eigenvalue weighted by Crippen LogP contribution is -2.28. The number of rotatable bonds is 3. The van der Waals surface area contributed by atoms with Crippen LogP contribution >= 0.6 is 15.9 Å². The van der Waals surface area contributed by atoms with Crippen LogP contribution in [0.15, 0.2) is 22.7 Å². The van der Waals surface area contributed by atoms with Crippen molar-refractivity contribution in [2.75, 3.05) is 18.5 Å². The minimum Gasteiger partial charge on any atom is -0.374 e. The lowest BCUT2D eigenvalue weighted by Gasteiger charge is -2.28. The SMILES string of the molecule is CN(CC1CC2CCC1C2)c1cc(Br)cc(C#N)c1. The molecule has 0 saturated heterocycles. The van der Waals surface area contributed by atoms with Crippen LogP contribution in [-0.4, -0.2) is 13.6 Å². The monoisotopic (exact) mass is 318 g/mol. The standard InChI is InChI=1S/C16H19BrN2/c1-19(10-14-5-11-2-3-13(14)4-11)16-7-12(9-18)6-15(17)8-16/h6-8,11,13-14H,2-5,10H2,1H3. The number of hydrogen-bond donors (Lipinski definition) is 0. The predicted molar refractivity (Wildman–Crippen MR) is 81.1 cm³/mol. The van der Waals surface area contributed by atoms with Gasteiger partial charge in [0.15, 0.2) is 0 Å². The van der Waals surface area contributed by atoms with Crippen LogP contribution in [0.25, 0.3) is 0 Å². The van der Waals surface area contributed by atoms with Gasteiger partial charge >= 0.3 is 0 Å². The summed E-state index contributed by atoms with van der Waals surface area (Å²) in [6, 6.07) is 8.19. The second-order valence-corrected chi connectivity index (χ2v) is 7.04. The molecule has 0 radical (unpaired) electrons. The highest BCUT2D eigenvalue weighted by Gasteiger charge is 2.39. The Hall–Kier alpha value is -1.01. The van der Waals surface area contributed by atoms with Crippen LogP contribution in [0.3, 0.4) is 0 Å². The molecule has 100 valence electrons.